The smallest absolute Gasteiger partial charge is 0.164 e. The zero-order valence-corrected chi connectivity index (χ0v) is 30.1. The fraction of sp³-hybridized carbons (Fsp3) is 0.489. The van der Waals surface area contributed by atoms with E-state index in [1.165, 1.54) is 75.3 Å². The van der Waals surface area contributed by atoms with Crippen molar-refractivity contribution in [2.24, 2.45) is 35.5 Å². The van der Waals surface area contributed by atoms with Crippen LogP contribution in [0.15, 0.2) is 66.7 Å². The second-order valence-electron chi connectivity index (χ2n) is 17.4. The van der Waals surface area contributed by atoms with Crippen LogP contribution in [0.3, 0.4) is 0 Å². The Labute approximate surface area is 298 Å². The van der Waals surface area contributed by atoms with Crippen LogP contribution in [0.4, 0.5) is 0 Å². The van der Waals surface area contributed by atoms with E-state index >= 15 is 0 Å². The lowest BCUT2D eigenvalue weighted by Crippen LogP contribution is -2.42. The summed E-state index contributed by atoms with van der Waals surface area (Å²) in [6.45, 7) is 9.75. The normalized spacial score (nSPS) is 31.7. The number of aromatic nitrogens is 3. The Morgan fingerprint density at radius 3 is 1.16 bits per heavy atom. The van der Waals surface area contributed by atoms with E-state index in [9.17, 15) is 10.5 Å². The van der Waals surface area contributed by atoms with Gasteiger partial charge in [0.2, 0.25) is 0 Å². The molecule has 8 atom stereocenters. The SMILES string of the molecule is C[C@@H]1C[C@@H]2C[C@H](C)CC(c3ccc(-c4nc(-c5ccc(C67C[C@H](C)C[C@H](C[C@H](C)C6)C7)cc5)nc(-c5cc(C#N)cc(C#N)c5)n4)cc3)(C1)C2. The summed E-state index contributed by atoms with van der Waals surface area (Å²) in [4.78, 5) is 15.1. The average Bonchev–Trinajstić information content (AvgIpc) is 3.10. The molecule has 1 heterocycles. The number of benzene rings is 3. The molecule has 2 unspecified atom stereocenters. The minimum absolute atomic E-state index is 0.257. The van der Waals surface area contributed by atoms with Gasteiger partial charge in [-0.3, -0.25) is 0 Å². The molecule has 0 amide bonds. The van der Waals surface area contributed by atoms with Gasteiger partial charge in [0.15, 0.2) is 17.5 Å². The predicted molar refractivity (Wildman–Crippen MR) is 199 cm³/mol. The maximum Gasteiger partial charge on any atom is 0.164 e. The Morgan fingerprint density at radius 1 is 0.480 bits per heavy atom. The molecule has 0 spiro atoms. The highest BCUT2D eigenvalue weighted by molar-refractivity contribution is 5.68. The van der Waals surface area contributed by atoms with Crippen molar-refractivity contribution in [3.63, 3.8) is 0 Å². The lowest BCUT2D eigenvalue weighted by molar-refractivity contribution is 0.0779. The van der Waals surface area contributed by atoms with Crippen LogP contribution in [0, 0.1) is 58.2 Å². The van der Waals surface area contributed by atoms with E-state index in [2.05, 4.69) is 88.4 Å². The van der Waals surface area contributed by atoms with Gasteiger partial charge >= 0.3 is 0 Å². The largest absolute Gasteiger partial charge is 0.208 e. The van der Waals surface area contributed by atoms with Crippen LogP contribution in [-0.4, -0.2) is 15.0 Å². The van der Waals surface area contributed by atoms with Crippen molar-refractivity contribution in [2.45, 2.75) is 103 Å². The van der Waals surface area contributed by atoms with Gasteiger partial charge in [0.05, 0.1) is 23.3 Å². The zero-order chi connectivity index (χ0) is 34.6. The summed E-state index contributed by atoms with van der Waals surface area (Å²) in [5.74, 6) is 6.37. The van der Waals surface area contributed by atoms with Gasteiger partial charge < -0.3 is 0 Å². The third-order valence-electron chi connectivity index (χ3n) is 12.9. The summed E-state index contributed by atoms with van der Waals surface area (Å²) in [6, 6.07) is 27.6. The maximum absolute atomic E-state index is 9.74. The first-order chi connectivity index (χ1) is 24.1. The van der Waals surface area contributed by atoms with Gasteiger partial charge in [-0.1, -0.05) is 76.2 Å². The van der Waals surface area contributed by atoms with Crippen LogP contribution >= 0.6 is 0 Å². The summed E-state index contributed by atoms with van der Waals surface area (Å²) in [5, 5.41) is 19.5. The molecule has 50 heavy (non-hydrogen) atoms. The molecule has 1 aromatic heterocycles. The van der Waals surface area contributed by atoms with Crippen LogP contribution in [0.25, 0.3) is 34.2 Å². The van der Waals surface area contributed by atoms with E-state index in [1.54, 1.807) is 18.2 Å². The van der Waals surface area contributed by atoms with Gasteiger partial charge in [-0.15, -0.1) is 0 Å². The van der Waals surface area contributed by atoms with E-state index in [1.807, 2.05) is 0 Å². The molecule has 3 aromatic carbocycles. The van der Waals surface area contributed by atoms with Crippen molar-refractivity contribution in [1.82, 2.24) is 15.0 Å². The van der Waals surface area contributed by atoms with Crippen molar-refractivity contribution in [1.29, 1.82) is 10.5 Å². The molecule has 4 bridgehead atoms. The summed E-state index contributed by atoms with van der Waals surface area (Å²) in [5.41, 5.74) is 6.79. The van der Waals surface area contributed by atoms with Gasteiger partial charge in [0.1, 0.15) is 0 Å². The van der Waals surface area contributed by atoms with Crippen LogP contribution in [0.5, 0.6) is 0 Å². The summed E-state index contributed by atoms with van der Waals surface area (Å²) in [6.07, 6.45) is 13.1. The van der Waals surface area contributed by atoms with E-state index in [4.69, 9.17) is 15.0 Å². The van der Waals surface area contributed by atoms with Crippen molar-refractivity contribution in [3.05, 3.63) is 89.0 Å². The number of hydrogen-bond donors (Lipinski definition) is 0. The Morgan fingerprint density at radius 2 is 0.820 bits per heavy atom. The molecule has 4 saturated carbocycles. The van der Waals surface area contributed by atoms with Gasteiger partial charge in [-0.2, -0.15) is 10.5 Å². The number of hydrogen-bond acceptors (Lipinski definition) is 5. The summed E-state index contributed by atoms with van der Waals surface area (Å²) >= 11 is 0. The van der Waals surface area contributed by atoms with E-state index in [0.717, 1.165) is 46.6 Å². The number of fused-ring (bicyclic) bond motifs is 4. The summed E-state index contributed by atoms with van der Waals surface area (Å²) < 4.78 is 0. The molecule has 0 aliphatic heterocycles. The van der Waals surface area contributed by atoms with Gasteiger partial charge in [-0.25, -0.2) is 15.0 Å². The number of nitriles is 2. The number of rotatable bonds is 5. The Hall–Kier alpha value is -4.35. The first-order valence-corrected chi connectivity index (χ1v) is 19.1. The van der Waals surface area contributed by atoms with Crippen molar-refractivity contribution >= 4 is 0 Å². The second-order valence-corrected chi connectivity index (χ2v) is 17.4. The van der Waals surface area contributed by atoms with Gasteiger partial charge in [-0.05, 0) is 140 Å². The first kappa shape index (κ1) is 32.8. The molecule has 4 aromatic rings. The molecule has 0 N–H and O–H groups in total. The second kappa shape index (κ2) is 12.8. The topological polar surface area (TPSA) is 86.2 Å². The predicted octanol–water partition coefficient (Wildman–Crippen LogP) is 10.8. The monoisotopic (exact) mass is 659 g/mol. The van der Waals surface area contributed by atoms with Crippen LogP contribution in [-0.2, 0) is 10.8 Å². The van der Waals surface area contributed by atoms with E-state index in [-0.39, 0.29) is 10.8 Å². The first-order valence-electron chi connectivity index (χ1n) is 19.1. The van der Waals surface area contributed by atoms with Gasteiger partial charge in [0.25, 0.3) is 0 Å². The molecule has 254 valence electrons. The lowest BCUT2D eigenvalue weighted by Gasteiger charge is -2.50. The van der Waals surface area contributed by atoms with Crippen LogP contribution in [0.2, 0.25) is 0 Å². The zero-order valence-electron chi connectivity index (χ0n) is 30.1. The molecule has 8 rings (SSSR count). The fourth-order valence-electron chi connectivity index (χ4n) is 11.7. The van der Waals surface area contributed by atoms with E-state index in [0.29, 0.717) is 34.2 Å². The number of nitrogens with zero attached hydrogens (tertiary/aromatic N) is 5. The molecular weight excluding hydrogens is 611 g/mol. The Bertz CT molecular complexity index is 1810. The molecular formula is C45H49N5. The third kappa shape index (κ3) is 6.15. The molecule has 5 nitrogen and oxygen atoms in total. The molecule has 5 heteroatoms. The maximum atomic E-state index is 9.74. The molecule has 4 aliphatic carbocycles. The minimum Gasteiger partial charge on any atom is -0.208 e. The van der Waals surface area contributed by atoms with Crippen molar-refractivity contribution in [3.8, 4) is 46.3 Å². The standard InChI is InChI=1S/C45H49N5/c1-28-13-32-14-29(2)21-44(20-28,24-32)39-9-5-36(6-10-39)41-48-42(50-43(49-41)38-18-34(26-46)17-35(19-38)27-47)37-7-11-40(12-8-37)45-22-30(3)15-33(25-45)16-31(4)23-45/h5-12,17-19,28-33H,13-16,20-25H2,1-4H3/t28-,29+,30-,31+,32-,33-,44?,45?. The Balaban J connectivity index is 1.18. The quantitative estimate of drug-likeness (QED) is 0.213. The van der Waals surface area contributed by atoms with E-state index < -0.39 is 0 Å². The third-order valence-corrected chi connectivity index (χ3v) is 12.9. The fourth-order valence-corrected chi connectivity index (χ4v) is 11.7. The Kier molecular flexibility index (Phi) is 8.38. The van der Waals surface area contributed by atoms with Crippen LogP contribution in [0.1, 0.15) is 114 Å². The average molecular weight is 660 g/mol. The summed E-state index contributed by atoms with van der Waals surface area (Å²) in [7, 11) is 0. The molecule has 0 saturated heterocycles. The highest BCUT2D eigenvalue weighted by Crippen LogP contribution is 2.55. The van der Waals surface area contributed by atoms with Crippen molar-refractivity contribution < 1.29 is 0 Å². The molecule has 0 radical (unpaired) electrons. The van der Waals surface area contributed by atoms with Crippen LogP contribution < -0.4 is 0 Å². The van der Waals surface area contributed by atoms with Gasteiger partial charge in [0, 0.05) is 16.7 Å². The minimum atomic E-state index is 0.257. The van der Waals surface area contributed by atoms with Crippen molar-refractivity contribution in [2.75, 3.05) is 0 Å². The highest BCUT2D eigenvalue weighted by Gasteiger charge is 2.46. The molecule has 4 fully saturated rings. The molecule has 4 aliphatic rings. The lowest BCUT2D eigenvalue weighted by atomic mass is 9.54. The highest BCUT2D eigenvalue weighted by atomic mass is 15.0.